The van der Waals surface area contributed by atoms with Crippen LogP contribution < -0.4 is 0 Å². The minimum atomic E-state index is -3.39. The molecular weight excluding hydrogens is 228 g/mol. The highest BCUT2D eigenvalue weighted by Crippen LogP contribution is 2.14. The first-order valence-electron chi connectivity index (χ1n) is 4.32. The second-order valence-electron chi connectivity index (χ2n) is 2.86. The van der Waals surface area contributed by atoms with E-state index in [1.165, 1.54) is 25.3 Å². The molecule has 0 aromatic heterocycles. The molecule has 0 amide bonds. The maximum absolute atomic E-state index is 11.4. The largest absolute Gasteiger partial charge is 0.466 e. The molecule has 4 nitrogen and oxygen atoms in total. The molecule has 0 aliphatic rings. The SMILES string of the molecule is C=CC(/C=C/C(=O)OC)=C(\C=C)S(C)(=O)=O. The van der Waals surface area contributed by atoms with Crippen LogP contribution in [-0.2, 0) is 19.4 Å². The first-order chi connectivity index (χ1) is 7.36. The van der Waals surface area contributed by atoms with Crippen molar-refractivity contribution < 1.29 is 17.9 Å². The van der Waals surface area contributed by atoms with Gasteiger partial charge in [0.2, 0.25) is 0 Å². The highest BCUT2D eigenvalue weighted by Gasteiger charge is 2.10. The van der Waals surface area contributed by atoms with Crippen molar-refractivity contribution in [1.29, 1.82) is 0 Å². The van der Waals surface area contributed by atoms with Crippen molar-refractivity contribution in [3.8, 4) is 0 Å². The second kappa shape index (κ2) is 6.07. The van der Waals surface area contributed by atoms with Gasteiger partial charge in [-0.25, -0.2) is 13.2 Å². The van der Waals surface area contributed by atoms with E-state index >= 15 is 0 Å². The zero-order valence-electron chi connectivity index (χ0n) is 9.26. The van der Waals surface area contributed by atoms with Crippen molar-refractivity contribution in [2.24, 2.45) is 0 Å². The predicted octanol–water partition coefficient (Wildman–Crippen LogP) is 1.39. The molecule has 0 unspecified atom stereocenters. The Morgan fingerprint density at radius 2 is 1.75 bits per heavy atom. The lowest BCUT2D eigenvalue weighted by Gasteiger charge is -2.02. The molecule has 0 heterocycles. The summed E-state index contributed by atoms with van der Waals surface area (Å²) in [6, 6.07) is 0. The molecule has 16 heavy (non-hydrogen) atoms. The van der Waals surface area contributed by atoms with Crippen LogP contribution in [0.25, 0.3) is 0 Å². The zero-order chi connectivity index (χ0) is 12.8. The van der Waals surface area contributed by atoms with Gasteiger partial charge < -0.3 is 4.74 Å². The van der Waals surface area contributed by atoms with Crippen molar-refractivity contribution in [2.75, 3.05) is 13.4 Å². The summed E-state index contributed by atoms with van der Waals surface area (Å²) in [4.78, 5) is 10.9. The number of rotatable bonds is 5. The van der Waals surface area contributed by atoms with Crippen molar-refractivity contribution in [2.45, 2.75) is 0 Å². The molecule has 88 valence electrons. The first-order valence-corrected chi connectivity index (χ1v) is 6.21. The minimum absolute atomic E-state index is 0.0163. The number of hydrogen-bond donors (Lipinski definition) is 0. The van der Waals surface area contributed by atoms with Gasteiger partial charge in [-0.2, -0.15) is 0 Å². The Labute approximate surface area is 95.5 Å². The van der Waals surface area contributed by atoms with Gasteiger partial charge in [0.25, 0.3) is 0 Å². The van der Waals surface area contributed by atoms with Crippen LogP contribution in [0.2, 0.25) is 0 Å². The summed E-state index contributed by atoms with van der Waals surface area (Å²) >= 11 is 0. The van der Waals surface area contributed by atoms with Gasteiger partial charge in [0.05, 0.1) is 12.0 Å². The Kier molecular flexibility index (Phi) is 5.46. The van der Waals surface area contributed by atoms with E-state index in [2.05, 4.69) is 17.9 Å². The van der Waals surface area contributed by atoms with E-state index in [4.69, 9.17) is 0 Å². The van der Waals surface area contributed by atoms with Gasteiger partial charge in [-0.05, 0) is 11.6 Å². The lowest BCUT2D eigenvalue weighted by Crippen LogP contribution is -2.01. The van der Waals surface area contributed by atoms with Crippen molar-refractivity contribution in [1.82, 2.24) is 0 Å². The number of ether oxygens (including phenoxy) is 1. The standard InChI is InChI=1S/C11H14O4S/c1-5-9(7-8-11(12)15-3)10(6-2)16(4,13)14/h5-8H,1-2H2,3-4H3/b8-7+,10-9-. The van der Waals surface area contributed by atoms with Crippen LogP contribution in [0.3, 0.4) is 0 Å². The van der Waals surface area contributed by atoms with Gasteiger partial charge in [-0.3, -0.25) is 0 Å². The normalized spacial score (nSPS) is 13.1. The summed E-state index contributed by atoms with van der Waals surface area (Å²) < 4.78 is 27.1. The minimum Gasteiger partial charge on any atom is -0.466 e. The van der Waals surface area contributed by atoms with Crippen molar-refractivity contribution in [3.05, 3.63) is 47.9 Å². The maximum atomic E-state index is 11.4. The first kappa shape index (κ1) is 14.4. The molecule has 0 spiro atoms. The lowest BCUT2D eigenvalue weighted by molar-refractivity contribution is -0.134. The van der Waals surface area contributed by atoms with Crippen LogP contribution in [-0.4, -0.2) is 27.8 Å². The molecule has 0 rings (SSSR count). The number of hydrogen-bond acceptors (Lipinski definition) is 4. The highest BCUT2D eigenvalue weighted by atomic mass is 32.2. The number of methoxy groups -OCH3 is 1. The van der Waals surface area contributed by atoms with Crippen molar-refractivity contribution in [3.63, 3.8) is 0 Å². The molecule has 0 bridgehead atoms. The molecule has 5 heteroatoms. The monoisotopic (exact) mass is 242 g/mol. The van der Waals surface area contributed by atoms with Crippen LogP contribution >= 0.6 is 0 Å². The lowest BCUT2D eigenvalue weighted by atomic mass is 10.2. The predicted molar refractivity (Wildman–Crippen MR) is 63.4 cm³/mol. The average molecular weight is 242 g/mol. The topological polar surface area (TPSA) is 60.4 Å². The van der Waals surface area contributed by atoms with Crippen LogP contribution in [0.4, 0.5) is 0 Å². The van der Waals surface area contributed by atoms with E-state index < -0.39 is 15.8 Å². The number of allylic oxidation sites excluding steroid dienone is 4. The van der Waals surface area contributed by atoms with Gasteiger partial charge >= 0.3 is 5.97 Å². The second-order valence-corrected chi connectivity index (χ2v) is 4.84. The van der Waals surface area contributed by atoms with Crippen LogP contribution in [0.15, 0.2) is 47.9 Å². The van der Waals surface area contributed by atoms with E-state index in [1.54, 1.807) is 0 Å². The third-order valence-electron chi connectivity index (χ3n) is 1.69. The summed E-state index contributed by atoms with van der Waals surface area (Å²) in [5, 5.41) is 0. The molecular formula is C11H14O4S. The average Bonchev–Trinajstić information content (AvgIpc) is 2.21. The van der Waals surface area contributed by atoms with Crippen LogP contribution in [0, 0.1) is 0 Å². The van der Waals surface area contributed by atoms with Gasteiger partial charge in [-0.1, -0.05) is 25.3 Å². The molecule has 0 aliphatic heterocycles. The van der Waals surface area contributed by atoms with E-state index in [1.807, 2.05) is 0 Å². The van der Waals surface area contributed by atoms with E-state index in [0.29, 0.717) is 5.57 Å². The Hall–Kier alpha value is -1.62. The molecule has 0 aliphatic carbocycles. The quantitative estimate of drug-likeness (QED) is 0.415. The zero-order valence-corrected chi connectivity index (χ0v) is 10.1. The fourth-order valence-electron chi connectivity index (χ4n) is 0.960. The van der Waals surface area contributed by atoms with E-state index in [9.17, 15) is 13.2 Å². The summed E-state index contributed by atoms with van der Waals surface area (Å²) in [5.74, 6) is -0.573. The van der Waals surface area contributed by atoms with Crippen molar-refractivity contribution >= 4 is 15.8 Å². The number of carbonyl (C=O) groups is 1. The number of sulfone groups is 1. The highest BCUT2D eigenvalue weighted by molar-refractivity contribution is 7.94. The summed E-state index contributed by atoms with van der Waals surface area (Å²) in [7, 11) is -2.16. The molecule has 0 saturated carbocycles. The summed E-state index contributed by atoms with van der Waals surface area (Å²) in [5.41, 5.74) is 0.294. The summed E-state index contributed by atoms with van der Waals surface area (Å²) in [6.07, 6.45) is 6.02. The maximum Gasteiger partial charge on any atom is 0.330 e. The van der Waals surface area contributed by atoms with Gasteiger partial charge in [0.15, 0.2) is 9.84 Å². The Morgan fingerprint density at radius 1 is 1.19 bits per heavy atom. The smallest absolute Gasteiger partial charge is 0.330 e. The molecule has 0 saturated heterocycles. The number of esters is 1. The third kappa shape index (κ3) is 4.27. The van der Waals surface area contributed by atoms with Crippen LogP contribution in [0.5, 0.6) is 0 Å². The number of carbonyl (C=O) groups excluding carboxylic acids is 1. The Morgan fingerprint density at radius 3 is 2.06 bits per heavy atom. The fourth-order valence-corrected chi connectivity index (χ4v) is 1.84. The van der Waals surface area contributed by atoms with Gasteiger partial charge in [-0.15, -0.1) is 0 Å². The fraction of sp³-hybridized carbons (Fsp3) is 0.182. The van der Waals surface area contributed by atoms with Gasteiger partial charge in [0, 0.05) is 12.3 Å². The third-order valence-corrected chi connectivity index (χ3v) is 2.89. The van der Waals surface area contributed by atoms with Crippen LogP contribution in [0.1, 0.15) is 0 Å². The molecule has 0 atom stereocenters. The van der Waals surface area contributed by atoms with Gasteiger partial charge in [0.1, 0.15) is 0 Å². The Bertz CT molecular complexity index is 452. The molecule has 0 radical (unpaired) electrons. The molecule has 0 fully saturated rings. The summed E-state index contributed by atoms with van der Waals surface area (Å²) in [6.45, 7) is 6.88. The molecule has 0 aromatic carbocycles. The molecule has 0 aromatic rings. The molecule has 0 N–H and O–H groups in total. The Balaban J connectivity index is 5.48. The van der Waals surface area contributed by atoms with E-state index in [-0.39, 0.29) is 4.91 Å². The van der Waals surface area contributed by atoms with E-state index in [0.717, 1.165) is 12.3 Å².